The van der Waals surface area contributed by atoms with Gasteiger partial charge in [0.1, 0.15) is 15.9 Å². The van der Waals surface area contributed by atoms with Gasteiger partial charge < -0.3 is 20.6 Å². The van der Waals surface area contributed by atoms with Crippen molar-refractivity contribution in [2.24, 2.45) is 4.99 Å². The van der Waals surface area contributed by atoms with Gasteiger partial charge in [-0.2, -0.15) is 13.2 Å². The van der Waals surface area contributed by atoms with Gasteiger partial charge >= 0.3 is 12.1 Å². The van der Waals surface area contributed by atoms with E-state index in [1.807, 2.05) is 0 Å². The number of alkyl halides is 3. The molecule has 1 aromatic heterocycles. The normalized spacial score (nSPS) is 13.2. The number of amides is 1. The van der Waals surface area contributed by atoms with E-state index >= 15 is 0 Å². The van der Waals surface area contributed by atoms with E-state index in [2.05, 4.69) is 55.8 Å². The number of likely N-dealkylation sites (N-methyl/N-ethyl adjacent to an activating group) is 1. The van der Waals surface area contributed by atoms with E-state index in [4.69, 9.17) is 21.5 Å². The molecule has 39 heavy (non-hydrogen) atoms. The van der Waals surface area contributed by atoms with Crippen LogP contribution in [-0.4, -0.2) is 81.4 Å². The zero-order valence-corrected chi connectivity index (χ0v) is 24.7. The summed E-state index contributed by atoms with van der Waals surface area (Å²) >= 11 is 10.1. The van der Waals surface area contributed by atoms with Gasteiger partial charge in [0.25, 0.3) is 0 Å². The Morgan fingerprint density at radius 1 is 1.28 bits per heavy atom. The number of carbonyl (C=O) groups excluding carboxylic acids is 1. The number of carbonyl (C=O) groups is 2. The number of sulfone groups is 1. The highest BCUT2D eigenvalue weighted by Gasteiger charge is 2.38. The van der Waals surface area contributed by atoms with Crippen LogP contribution in [0.2, 0.25) is 4.34 Å². The molecule has 1 aliphatic rings. The van der Waals surface area contributed by atoms with Gasteiger partial charge in [0, 0.05) is 36.6 Å². The van der Waals surface area contributed by atoms with Crippen molar-refractivity contribution >= 4 is 66.4 Å². The number of thiophene rings is 1. The fourth-order valence-electron chi connectivity index (χ4n) is 3.21. The summed E-state index contributed by atoms with van der Waals surface area (Å²) in [5.74, 6) is -1.96. The number of aliphatic carboxylic acids is 1. The minimum Gasteiger partial charge on any atom is -0.475 e. The van der Waals surface area contributed by atoms with Crippen LogP contribution >= 0.6 is 38.9 Å². The minimum absolute atomic E-state index is 0.0450. The van der Waals surface area contributed by atoms with Crippen molar-refractivity contribution in [2.45, 2.75) is 29.6 Å². The van der Waals surface area contributed by atoms with E-state index in [9.17, 15) is 26.4 Å². The highest BCUT2D eigenvalue weighted by Crippen LogP contribution is 2.34. The van der Waals surface area contributed by atoms with Gasteiger partial charge in [-0.25, -0.2) is 13.2 Å². The summed E-state index contributed by atoms with van der Waals surface area (Å²) in [4.78, 5) is 27.4. The van der Waals surface area contributed by atoms with Crippen molar-refractivity contribution in [3.8, 4) is 0 Å². The summed E-state index contributed by atoms with van der Waals surface area (Å²) in [7, 11) is -1.67. The number of benzene rings is 1. The molecule has 3 N–H and O–H groups in total. The Kier molecular flexibility index (Phi) is 12.7. The van der Waals surface area contributed by atoms with Crippen molar-refractivity contribution in [3.63, 3.8) is 0 Å². The maximum Gasteiger partial charge on any atom is 0.490 e. The number of halogens is 5. The quantitative estimate of drug-likeness (QED) is 0.308. The molecule has 16 heteroatoms. The van der Waals surface area contributed by atoms with Gasteiger partial charge in [-0.3, -0.25) is 9.79 Å². The smallest absolute Gasteiger partial charge is 0.475 e. The van der Waals surface area contributed by atoms with Gasteiger partial charge in [-0.05, 0) is 46.9 Å². The average Bonchev–Trinajstić information content (AvgIpc) is 3.52. The SMILES string of the molecule is CN(CCc1ccc(C2=NCCN2)cc1)C(=O)CCCNCS(=O)(=O)c1sc(Cl)cc1Br.O=C(O)C(F)(F)F. The maximum absolute atomic E-state index is 12.4. The van der Waals surface area contributed by atoms with E-state index in [0.717, 1.165) is 42.2 Å². The molecular weight excluding hydrogens is 649 g/mol. The minimum atomic E-state index is -5.08. The second-order valence-corrected chi connectivity index (χ2v) is 13.0. The zero-order valence-electron chi connectivity index (χ0n) is 20.7. The largest absolute Gasteiger partial charge is 0.490 e. The molecule has 1 aromatic carbocycles. The van der Waals surface area contributed by atoms with E-state index < -0.39 is 22.0 Å². The molecule has 0 spiro atoms. The lowest BCUT2D eigenvalue weighted by Crippen LogP contribution is -2.30. The van der Waals surface area contributed by atoms with E-state index in [0.29, 0.717) is 34.7 Å². The van der Waals surface area contributed by atoms with Crippen molar-refractivity contribution in [3.05, 3.63) is 50.3 Å². The second kappa shape index (κ2) is 15.0. The fourth-order valence-corrected chi connectivity index (χ4v) is 7.54. The summed E-state index contributed by atoms with van der Waals surface area (Å²) in [6, 6.07) is 9.82. The van der Waals surface area contributed by atoms with Gasteiger partial charge in [0.2, 0.25) is 15.7 Å². The molecule has 1 amide bonds. The van der Waals surface area contributed by atoms with Gasteiger partial charge in [0.05, 0.1) is 10.9 Å². The number of amidine groups is 1. The summed E-state index contributed by atoms with van der Waals surface area (Å²) in [5, 5.41) is 13.3. The highest BCUT2D eigenvalue weighted by molar-refractivity contribution is 9.10. The van der Waals surface area contributed by atoms with Gasteiger partial charge in [-0.1, -0.05) is 35.9 Å². The molecule has 0 radical (unpaired) electrons. The van der Waals surface area contributed by atoms with Crippen LogP contribution in [0, 0.1) is 0 Å². The van der Waals surface area contributed by atoms with Crippen molar-refractivity contribution in [1.82, 2.24) is 15.5 Å². The predicted molar refractivity (Wildman–Crippen MR) is 147 cm³/mol. The van der Waals surface area contributed by atoms with Crippen molar-refractivity contribution < 1.29 is 36.3 Å². The number of aliphatic imine (C=N–C) groups is 1. The van der Waals surface area contributed by atoms with Crippen LogP contribution < -0.4 is 10.6 Å². The molecule has 9 nitrogen and oxygen atoms in total. The van der Waals surface area contributed by atoms with Crippen LogP contribution in [0.25, 0.3) is 0 Å². The lowest BCUT2D eigenvalue weighted by atomic mass is 10.1. The third kappa shape index (κ3) is 11.1. The lowest BCUT2D eigenvalue weighted by molar-refractivity contribution is -0.192. The predicted octanol–water partition coefficient (Wildman–Crippen LogP) is 3.95. The molecular formula is C23H27BrClF3N4O5S2. The molecule has 0 saturated heterocycles. The Morgan fingerprint density at radius 2 is 1.92 bits per heavy atom. The number of carboxylic acids is 1. The fraction of sp³-hybridized carbons (Fsp3) is 0.435. The van der Waals surface area contributed by atoms with Crippen LogP contribution in [-0.2, 0) is 25.8 Å². The monoisotopic (exact) mass is 674 g/mol. The Balaban J connectivity index is 0.000000673. The van der Waals surface area contributed by atoms with E-state index in [1.54, 1.807) is 18.0 Å². The number of carboxylic acid groups (broad SMARTS) is 1. The highest BCUT2D eigenvalue weighted by atomic mass is 79.9. The Labute approximate surface area is 241 Å². The van der Waals surface area contributed by atoms with Crippen LogP contribution in [0.4, 0.5) is 13.2 Å². The Hall–Kier alpha value is -2.20. The van der Waals surface area contributed by atoms with Gasteiger partial charge in [0.15, 0.2) is 0 Å². The standard InChI is InChI=1S/C21H26BrClN4O3S2.C2HF3O2/c1-27(12-8-15-4-6-16(7-5-15)20-25-10-11-26-20)19(28)3-2-9-24-14-32(29,30)21-17(22)13-18(23)31-21;3-2(4,5)1(6)7/h4-7,13,24H,2-3,8-12,14H2,1H3,(H,25,26);(H,6,7). The number of rotatable bonds is 11. The molecule has 2 aromatic rings. The lowest BCUT2D eigenvalue weighted by Gasteiger charge is -2.17. The van der Waals surface area contributed by atoms with E-state index in [-0.39, 0.29) is 16.0 Å². The van der Waals surface area contributed by atoms with Crippen LogP contribution in [0.1, 0.15) is 24.0 Å². The second-order valence-electron chi connectivity index (χ2n) is 8.27. The topological polar surface area (TPSA) is 128 Å². The molecule has 0 aliphatic carbocycles. The third-order valence-corrected chi connectivity index (χ3v) is 9.84. The zero-order chi connectivity index (χ0) is 29.2. The molecule has 2 heterocycles. The summed E-state index contributed by atoms with van der Waals surface area (Å²) in [6.07, 6.45) is -3.38. The van der Waals surface area contributed by atoms with E-state index in [1.165, 1.54) is 5.56 Å². The van der Waals surface area contributed by atoms with Crippen LogP contribution in [0.5, 0.6) is 0 Å². The molecule has 0 fully saturated rings. The van der Waals surface area contributed by atoms with Crippen LogP contribution in [0.3, 0.4) is 0 Å². The molecule has 216 valence electrons. The number of hydrogen-bond acceptors (Lipinski definition) is 8. The first-order chi connectivity index (χ1) is 18.2. The summed E-state index contributed by atoms with van der Waals surface area (Å²) in [5.41, 5.74) is 2.25. The van der Waals surface area contributed by atoms with Gasteiger partial charge in [-0.15, -0.1) is 11.3 Å². The number of nitrogens with zero attached hydrogens (tertiary/aromatic N) is 2. The van der Waals surface area contributed by atoms with Crippen molar-refractivity contribution in [1.29, 1.82) is 0 Å². The third-order valence-electron chi connectivity index (χ3n) is 5.25. The first-order valence-electron chi connectivity index (χ1n) is 11.5. The Bertz CT molecular complexity index is 1270. The molecule has 0 unspecified atom stereocenters. The number of nitrogens with one attached hydrogen (secondary N) is 2. The maximum atomic E-state index is 12.4. The first-order valence-corrected chi connectivity index (χ1v) is 15.1. The number of hydrogen-bond donors (Lipinski definition) is 3. The van der Waals surface area contributed by atoms with Crippen molar-refractivity contribution in [2.75, 3.05) is 39.1 Å². The molecule has 0 saturated carbocycles. The van der Waals surface area contributed by atoms with Crippen LogP contribution in [0.15, 0.2) is 44.0 Å². The molecule has 0 atom stereocenters. The molecule has 1 aliphatic heterocycles. The summed E-state index contributed by atoms with van der Waals surface area (Å²) in [6.45, 7) is 2.77. The summed E-state index contributed by atoms with van der Waals surface area (Å²) < 4.78 is 57.6. The first kappa shape index (κ1) is 33.0. The molecule has 3 rings (SSSR count). The Morgan fingerprint density at radius 3 is 2.44 bits per heavy atom. The molecule has 0 bridgehead atoms. The average molecular weight is 676 g/mol.